The summed E-state index contributed by atoms with van der Waals surface area (Å²) < 4.78 is 0. The van der Waals surface area contributed by atoms with Gasteiger partial charge in [-0.15, -0.1) is 24.0 Å². The van der Waals surface area contributed by atoms with Crippen LogP contribution in [0, 0.1) is 0 Å². The lowest BCUT2D eigenvalue weighted by Gasteiger charge is -2.35. The second-order valence-corrected chi connectivity index (χ2v) is 6.38. The van der Waals surface area contributed by atoms with Crippen LogP contribution in [0.5, 0.6) is 5.75 Å². The number of hydrogen-bond donors (Lipinski definition) is 3. The van der Waals surface area contributed by atoms with E-state index in [2.05, 4.69) is 34.4 Å². The fourth-order valence-electron chi connectivity index (χ4n) is 3.25. The van der Waals surface area contributed by atoms with Crippen LogP contribution >= 0.6 is 24.0 Å². The SMILES string of the molecule is CCNC(=NCc1ccc(O)cc1)NCCN1CCCCC1CC.I. The first-order chi connectivity index (χ1) is 11.7. The van der Waals surface area contributed by atoms with Crippen LogP contribution in [0.4, 0.5) is 0 Å². The minimum absolute atomic E-state index is 0. The third-order valence-corrected chi connectivity index (χ3v) is 4.61. The van der Waals surface area contributed by atoms with Gasteiger partial charge in [-0.1, -0.05) is 25.5 Å². The van der Waals surface area contributed by atoms with E-state index in [9.17, 15) is 5.11 Å². The molecular formula is C19H33IN4O. The van der Waals surface area contributed by atoms with Crippen LogP contribution in [-0.4, -0.2) is 48.2 Å². The van der Waals surface area contributed by atoms with Crippen molar-refractivity contribution in [1.82, 2.24) is 15.5 Å². The topological polar surface area (TPSA) is 59.9 Å². The molecule has 0 amide bonds. The molecule has 0 bridgehead atoms. The molecule has 0 spiro atoms. The number of phenols is 1. The Morgan fingerprint density at radius 2 is 1.96 bits per heavy atom. The van der Waals surface area contributed by atoms with E-state index in [0.29, 0.717) is 12.3 Å². The normalized spacial score (nSPS) is 18.5. The van der Waals surface area contributed by atoms with Gasteiger partial charge in [0.1, 0.15) is 5.75 Å². The van der Waals surface area contributed by atoms with Gasteiger partial charge < -0.3 is 15.7 Å². The van der Waals surface area contributed by atoms with Crippen LogP contribution in [0.15, 0.2) is 29.3 Å². The standard InChI is InChI=1S/C19H32N4O.HI/c1-3-17-7-5-6-13-23(17)14-12-21-19(20-4-2)22-15-16-8-10-18(24)11-9-16;/h8-11,17,24H,3-7,12-15H2,1-2H3,(H2,20,21,22);1H. The molecule has 1 aliphatic heterocycles. The molecule has 25 heavy (non-hydrogen) atoms. The Labute approximate surface area is 169 Å². The van der Waals surface area contributed by atoms with Crippen molar-refractivity contribution < 1.29 is 5.11 Å². The third-order valence-electron chi connectivity index (χ3n) is 4.61. The molecule has 1 unspecified atom stereocenters. The highest BCUT2D eigenvalue weighted by Crippen LogP contribution is 2.18. The van der Waals surface area contributed by atoms with Gasteiger partial charge in [-0.2, -0.15) is 0 Å². The fraction of sp³-hybridized carbons (Fsp3) is 0.632. The van der Waals surface area contributed by atoms with Crippen molar-refractivity contribution in [3.63, 3.8) is 0 Å². The number of aromatic hydroxyl groups is 1. The predicted molar refractivity (Wildman–Crippen MR) is 116 cm³/mol. The Kier molecular flexibility index (Phi) is 10.9. The summed E-state index contributed by atoms with van der Waals surface area (Å²) in [6.45, 7) is 9.04. The molecular weight excluding hydrogens is 427 g/mol. The monoisotopic (exact) mass is 460 g/mol. The van der Waals surface area contributed by atoms with Gasteiger partial charge in [-0.25, -0.2) is 4.99 Å². The third kappa shape index (κ3) is 7.81. The molecule has 1 aromatic rings. The number of likely N-dealkylation sites (tertiary alicyclic amines) is 1. The number of rotatable bonds is 7. The Balaban J connectivity index is 0.00000312. The summed E-state index contributed by atoms with van der Waals surface area (Å²) in [5, 5.41) is 16.1. The van der Waals surface area contributed by atoms with Crippen LogP contribution in [0.3, 0.4) is 0 Å². The molecule has 5 nitrogen and oxygen atoms in total. The van der Waals surface area contributed by atoms with E-state index < -0.39 is 0 Å². The minimum atomic E-state index is 0. The summed E-state index contributed by atoms with van der Waals surface area (Å²) in [7, 11) is 0. The zero-order chi connectivity index (χ0) is 17.2. The van der Waals surface area contributed by atoms with Crippen molar-refractivity contribution in [2.75, 3.05) is 26.2 Å². The largest absolute Gasteiger partial charge is 0.508 e. The van der Waals surface area contributed by atoms with Gasteiger partial charge in [0, 0.05) is 25.7 Å². The van der Waals surface area contributed by atoms with Gasteiger partial charge in [-0.3, -0.25) is 4.90 Å². The molecule has 1 saturated heterocycles. The molecule has 0 saturated carbocycles. The van der Waals surface area contributed by atoms with Crippen molar-refractivity contribution in [1.29, 1.82) is 0 Å². The molecule has 1 aliphatic rings. The predicted octanol–water partition coefficient (Wildman–Crippen LogP) is 3.33. The van der Waals surface area contributed by atoms with Crippen LogP contribution in [0.25, 0.3) is 0 Å². The van der Waals surface area contributed by atoms with Gasteiger partial charge in [0.05, 0.1) is 6.54 Å². The quantitative estimate of drug-likeness (QED) is 0.332. The first kappa shape index (κ1) is 22.0. The first-order valence-electron chi connectivity index (χ1n) is 9.27. The summed E-state index contributed by atoms with van der Waals surface area (Å²) in [5.74, 6) is 1.15. The highest BCUT2D eigenvalue weighted by atomic mass is 127. The van der Waals surface area contributed by atoms with Gasteiger partial charge in [-0.05, 0) is 50.4 Å². The summed E-state index contributed by atoms with van der Waals surface area (Å²) in [4.78, 5) is 7.24. The molecule has 1 atom stereocenters. The summed E-state index contributed by atoms with van der Waals surface area (Å²) in [6.07, 6.45) is 5.28. The molecule has 0 radical (unpaired) electrons. The summed E-state index contributed by atoms with van der Waals surface area (Å²) in [5.41, 5.74) is 1.09. The van der Waals surface area contributed by atoms with Crippen LogP contribution in [-0.2, 0) is 6.54 Å². The van der Waals surface area contributed by atoms with E-state index in [4.69, 9.17) is 0 Å². The zero-order valence-corrected chi connectivity index (χ0v) is 17.8. The zero-order valence-electron chi connectivity index (χ0n) is 15.5. The number of benzene rings is 1. The number of hydrogen-bond acceptors (Lipinski definition) is 3. The molecule has 0 aromatic heterocycles. The Hall–Kier alpha value is -1.02. The van der Waals surface area contributed by atoms with Crippen molar-refractivity contribution in [2.24, 2.45) is 4.99 Å². The van der Waals surface area contributed by atoms with Crippen molar-refractivity contribution in [2.45, 2.75) is 52.1 Å². The summed E-state index contributed by atoms with van der Waals surface area (Å²) in [6, 6.07) is 7.96. The maximum atomic E-state index is 9.33. The van der Waals surface area contributed by atoms with E-state index in [1.807, 2.05) is 12.1 Å². The maximum Gasteiger partial charge on any atom is 0.191 e. The minimum Gasteiger partial charge on any atom is -0.508 e. The van der Waals surface area contributed by atoms with E-state index >= 15 is 0 Å². The second-order valence-electron chi connectivity index (χ2n) is 6.38. The number of aliphatic imine (C=N–C) groups is 1. The highest BCUT2D eigenvalue weighted by molar-refractivity contribution is 14.0. The van der Waals surface area contributed by atoms with E-state index in [0.717, 1.165) is 37.2 Å². The molecule has 1 fully saturated rings. The van der Waals surface area contributed by atoms with E-state index in [-0.39, 0.29) is 24.0 Å². The average Bonchev–Trinajstić information content (AvgIpc) is 2.61. The highest BCUT2D eigenvalue weighted by Gasteiger charge is 2.19. The first-order valence-corrected chi connectivity index (χ1v) is 9.27. The number of nitrogens with zero attached hydrogens (tertiary/aromatic N) is 2. The Bertz CT molecular complexity index is 507. The molecule has 2 rings (SSSR count). The number of halogens is 1. The summed E-state index contributed by atoms with van der Waals surface area (Å²) >= 11 is 0. The number of phenolic OH excluding ortho intramolecular Hbond substituents is 1. The lowest BCUT2D eigenvalue weighted by Crippen LogP contribution is -2.45. The van der Waals surface area contributed by atoms with Crippen molar-refractivity contribution >= 4 is 29.9 Å². The van der Waals surface area contributed by atoms with Gasteiger partial charge in [0.2, 0.25) is 0 Å². The molecule has 1 heterocycles. The number of nitrogens with one attached hydrogen (secondary N) is 2. The van der Waals surface area contributed by atoms with Crippen molar-refractivity contribution in [3.8, 4) is 5.75 Å². The molecule has 0 aliphatic carbocycles. The average molecular weight is 460 g/mol. The van der Waals surface area contributed by atoms with Gasteiger partial charge in [0.15, 0.2) is 5.96 Å². The van der Waals surface area contributed by atoms with Crippen LogP contribution in [0.1, 0.15) is 45.1 Å². The molecule has 3 N–H and O–H groups in total. The maximum absolute atomic E-state index is 9.33. The second kappa shape index (κ2) is 12.4. The number of guanidine groups is 1. The van der Waals surface area contributed by atoms with E-state index in [1.165, 1.54) is 32.2 Å². The Morgan fingerprint density at radius 1 is 1.20 bits per heavy atom. The van der Waals surface area contributed by atoms with Gasteiger partial charge in [0.25, 0.3) is 0 Å². The molecule has 1 aromatic carbocycles. The van der Waals surface area contributed by atoms with Crippen molar-refractivity contribution in [3.05, 3.63) is 29.8 Å². The van der Waals surface area contributed by atoms with Crippen LogP contribution < -0.4 is 10.6 Å². The van der Waals surface area contributed by atoms with Gasteiger partial charge >= 0.3 is 0 Å². The smallest absolute Gasteiger partial charge is 0.191 e. The lowest BCUT2D eigenvalue weighted by atomic mass is 10.0. The van der Waals surface area contributed by atoms with E-state index in [1.54, 1.807) is 12.1 Å². The lowest BCUT2D eigenvalue weighted by molar-refractivity contribution is 0.147. The Morgan fingerprint density at radius 3 is 2.64 bits per heavy atom. The molecule has 142 valence electrons. The number of piperidine rings is 1. The van der Waals surface area contributed by atoms with Crippen LogP contribution in [0.2, 0.25) is 0 Å². The molecule has 6 heteroatoms. The fourth-order valence-corrected chi connectivity index (χ4v) is 3.25.